The van der Waals surface area contributed by atoms with Crippen LogP contribution < -0.4 is 5.32 Å². The molecule has 2 rings (SSSR count). The van der Waals surface area contributed by atoms with Crippen LogP contribution in [0.3, 0.4) is 0 Å². The van der Waals surface area contributed by atoms with E-state index in [1.54, 1.807) is 12.1 Å². The Kier molecular flexibility index (Phi) is 6.86. The number of carbonyl (C=O) groups is 2. The van der Waals surface area contributed by atoms with Gasteiger partial charge in [0, 0.05) is 13.2 Å². The van der Waals surface area contributed by atoms with Crippen molar-refractivity contribution in [2.75, 3.05) is 20.3 Å². The van der Waals surface area contributed by atoms with Crippen molar-refractivity contribution in [1.29, 1.82) is 0 Å². The second-order valence-corrected chi connectivity index (χ2v) is 6.48. The fraction of sp³-hybridized carbons (Fsp3) is 0.625. The number of hydrogen-bond acceptors (Lipinski definition) is 5. The van der Waals surface area contributed by atoms with Gasteiger partial charge in [0.15, 0.2) is 0 Å². The number of hydrogen-bond donors (Lipinski definition) is 1. The first-order valence-electron chi connectivity index (χ1n) is 7.78. The highest BCUT2D eigenvalue weighted by Gasteiger charge is 2.14. The molecule has 1 amide bonds. The monoisotopic (exact) mass is 325 g/mol. The largest absolute Gasteiger partial charge is 0.465 e. The molecule has 1 saturated carbocycles. The van der Waals surface area contributed by atoms with Gasteiger partial charge in [0.05, 0.1) is 18.1 Å². The number of ether oxygens (including phenoxy) is 2. The van der Waals surface area contributed by atoms with E-state index < -0.39 is 5.97 Å². The molecule has 1 fully saturated rings. The lowest BCUT2D eigenvalue weighted by Crippen LogP contribution is -2.25. The lowest BCUT2D eigenvalue weighted by atomic mass is 9.98. The van der Waals surface area contributed by atoms with Crippen LogP contribution in [0.1, 0.15) is 57.9 Å². The topological polar surface area (TPSA) is 64.6 Å². The number of methoxy groups -OCH3 is 1. The Morgan fingerprint density at radius 3 is 2.68 bits per heavy atom. The molecular weight excluding hydrogens is 302 g/mol. The van der Waals surface area contributed by atoms with Crippen LogP contribution in [0.15, 0.2) is 12.1 Å². The van der Waals surface area contributed by atoms with Gasteiger partial charge in [0.1, 0.15) is 4.88 Å². The molecule has 5 nitrogen and oxygen atoms in total. The number of amides is 1. The van der Waals surface area contributed by atoms with Crippen molar-refractivity contribution in [1.82, 2.24) is 5.32 Å². The second-order valence-electron chi connectivity index (χ2n) is 5.40. The third-order valence-electron chi connectivity index (χ3n) is 3.73. The van der Waals surface area contributed by atoms with Crippen molar-refractivity contribution in [2.24, 2.45) is 0 Å². The van der Waals surface area contributed by atoms with Crippen LogP contribution in [0.4, 0.5) is 0 Å². The molecule has 1 aromatic heterocycles. The van der Waals surface area contributed by atoms with Gasteiger partial charge in [-0.3, -0.25) is 4.79 Å². The number of rotatable bonds is 7. The third-order valence-corrected chi connectivity index (χ3v) is 4.79. The molecule has 0 bridgehead atoms. The summed E-state index contributed by atoms with van der Waals surface area (Å²) in [5.41, 5.74) is 0. The maximum atomic E-state index is 11.9. The Balaban J connectivity index is 1.63. The van der Waals surface area contributed by atoms with E-state index in [0.717, 1.165) is 30.6 Å². The predicted molar refractivity (Wildman–Crippen MR) is 85.4 cm³/mol. The summed E-state index contributed by atoms with van der Waals surface area (Å²) in [5.74, 6) is -0.567. The molecule has 0 aliphatic heterocycles. The molecule has 0 unspecified atom stereocenters. The highest BCUT2D eigenvalue weighted by Crippen LogP contribution is 2.20. The van der Waals surface area contributed by atoms with E-state index in [9.17, 15) is 9.59 Å². The molecule has 22 heavy (non-hydrogen) atoms. The van der Waals surface area contributed by atoms with Gasteiger partial charge in [0.2, 0.25) is 0 Å². The zero-order valence-electron chi connectivity index (χ0n) is 12.9. The number of thiophene rings is 1. The predicted octanol–water partition coefficient (Wildman–Crippen LogP) is 3.00. The quantitative estimate of drug-likeness (QED) is 0.618. The van der Waals surface area contributed by atoms with Crippen molar-refractivity contribution in [3.8, 4) is 0 Å². The van der Waals surface area contributed by atoms with Crippen molar-refractivity contribution in [3.63, 3.8) is 0 Å². The van der Waals surface area contributed by atoms with E-state index in [2.05, 4.69) is 10.1 Å². The first-order valence-corrected chi connectivity index (χ1v) is 8.60. The van der Waals surface area contributed by atoms with Gasteiger partial charge in [0.25, 0.3) is 5.91 Å². The SMILES string of the molecule is COC(=O)c1ccc(C(=O)NCCCOC2CCCCC2)s1. The number of esters is 1. The Hall–Kier alpha value is -1.40. The minimum Gasteiger partial charge on any atom is -0.465 e. The fourth-order valence-corrected chi connectivity index (χ4v) is 3.35. The van der Waals surface area contributed by atoms with E-state index in [4.69, 9.17) is 4.74 Å². The average Bonchev–Trinajstić information content (AvgIpc) is 3.04. The van der Waals surface area contributed by atoms with Crippen molar-refractivity contribution in [2.45, 2.75) is 44.6 Å². The molecular formula is C16H23NO4S. The molecule has 1 aliphatic carbocycles. The molecule has 6 heteroatoms. The van der Waals surface area contributed by atoms with Gasteiger partial charge in [-0.05, 0) is 31.4 Å². The minimum absolute atomic E-state index is 0.155. The summed E-state index contributed by atoms with van der Waals surface area (Å²) in [6.07, 6.45) is 7.40. The van der Waals surface area contributed by atoms with Crippen molar-refractivity contribution in [3.05, 3.63) is 21.9 Å². The van der Waals surface area contributed by atoms with Crippen LogP contribution in [0.25, 0.3) is 0 Å². The van der Waals surface area contributed by atoms with Crippen molar-refractivity contribution < 1.29 is 19.1 Å². The molecule has 0 spiro atoms. The summed E-state index contributed by atoms with van der Waals surface area (Å²) < 4.78 is 10.4. The number of carbonyl (C=O) groups excluding carboxylic acids is 2. The second kappa shape index (κ2) is 8.90. The van der Waals surface area contributed by atoms with Crippen LogP contribution in [0.2, 0.25) is 0 Å². The molecule has 0 radical (unpaired) electrons. The summed E-state index contributed by atoms with van der Waals surface area (Å²) in [4.78, 5) is 24.2. The van der Waals surface area contributed by atoms with Gasteiger partial charge in [-0.2, -0.15) is 0 Å². The summed E-state index contributed by atoms with van der Waals surface area (Å²) in [6.45, 7) is 1.26. The first-order chi connectivity index (χ1) is 10.7. The lowest BCUT2D eigenvalue weighted by molar-refractivity contribution is 0.0273. The highest BCUT2D eigenvalue weighted by molar-refractivity contribution is 7.15. The summed E-state index contributed by atoms with van der Waals surface area (Å²) in [5, 5.41) is 2.85. The fourth-order valence-electron chi connectivity index (χ4n) is 2.51. The van der Waals surface area contributed by atoms with E-state index in [1.165, 1.54) is 26.4 Å². The third kappa shape index (κ3) is 5.10. The Bertz CT molecular complexity index is 494. The molecule has 0 aromatic carbocycles. The summed E-state index contributed by atoms with van der Waals surface area (Å²) >= 11 is 1.14. The molecule has 122 valence electrons. The molecule has 0 saturated heterocycles. The minimum atomic E-state index is -0.412. The molecule has 1 aliphatic rings. The lowest BCUT2D eigenvalue weighted by Gasteiger charge is -2.21. The van der Waals surface area contributed by atoms with E-state index in [1.807, 2.05) is 0 Å². The highest BCUT2D eigenvalue weighted by atomic mass is 32.1. The molecule has 1 aromatic rings. The van der Waals surface area contributed by atoms with E-state index in [-0.39, 0.29) is 5.91 Å². The smallest absolute Gasteiger partial charge is 0.348 e. The van der Waals surface area contributed by atoms with Crippen LogP contribution >= 0.6 is 11.3 Å². The van der Waals surface area contributed by atoms with Gasteiger partial charge in [-0.25, -0.2) is 4.79 Å². The van der Waals surface area contributed by atoms with Crippen LogP contribution in [0, 0.1) is 0 Å². The first kappa shape index (κ1) is 17.0. The van der Waals surface area contributed by atoms with E-state index >= 15 is 0 Å². The average molecular weight is 325 g/mol. The molecule has 0 atom stereocenters. The summed E-state index contributed by atoms with van der Waals surface area (Å²) in [7, 11) is 1.33. The zero-order valence-corrected chi connectivity index (χ0v) is 13.7. The molecule has 1 N–H and O–H groups in total. The maximum Gasteiger partial charge on any atom is 0.348 e. The van der Waals surface area contributed by atoms with E-state index in [0.29, 0.717) is 29.0 Å². The van der Waals surface area contributed by atoms with Crippen molar-refractivity contribution >= 4 is 23.2 Å². The standard InChI is InChI=1S/C16H23NO4S/c1-20-16(19)14-9-8-13(22-14)15(18)17-10-5-11-21-12-6-3-2-4-7-12/h8-9,12H,2-7,10-11H2,1H3,(H,17,18). The van der Waals surface area contributed by atoms with Gasteiger partial charge < -0.3 is 14.8 Å². The van der Waals surface area contributed by atoms with Crippen LogP contribution in [-0.2, 0) is 9.47 Å². The Morgan fingerprint density at radius 2 is 1.95 bits per heavy atom. The van der Waals surface area contributed by atoms with Crippen LogP contribution in [-0.4, -0.2) is 38.2 Å². The van der Waals surface area contributed by atoms with Gasteiger partial charge in [-0.15, -0.1) is 11.3 Å². The van der Waals surface area contributed by atoms with Crippen LogP contribution in [0.5, 0.6) is 0 Å². The normalized spacial score (nSPS) is 15.5. The number of nitrogens with one attached hydrogen (secondary N) is 1. The van der Waals surface area contributed by atoms with Gasteiger partial charge >= 0.3 is 5.97 Å². The Labute approximate surface area is 135 Å². The zero-order chi connectivity index (χ0) is 15.8. The summed E-state index contributed by atoms with van der Waals surface area (Å²) in [6, 6.07) is 3.25. The Morgan fingerprint density at radius 1 is 1.23 bits per heavy atom. The molecule has 1 heterocycles. The maximum absolute atomic E-state index is 11.9. The van der Waals surface area contributed by atoms with Gasteiger partial charge in [-0.1, -0.05) is 19.3 Å².